The van der Waals surface area contributed by atoms with Gasteiger partial charge >= 0.3 is 11.9 Å². The summed E-state index contributed by atoms with van der Waals surface area (Å²) >= 11 is 0. The maximum absolute atomic E-state index is 13.8. The number of allylic oxidation sites excluding steroid dienone is 2. The number of aromatic nitrogens is 4. The normalized spacial score (nSPS) is 12.3. The number of carboxylic acids is 2. The van der Waals surface area contributed by atoms with Crippen molar-refractivity contribution >= 4 is 62.3 Å². The molecule has 5 rings (SSSR count). The number of nitrogens with one attached hydrogen (secondary N) is 3. The van der Waals surface area contributed by atoms with Gasteiger partial charge in [0, 0.05) is 40.5 Å². The number of fused-ring (bicyclic) bond motifs is 8. The summed E-state index contributed by atoms with van der Waals surface area (Å²) < 4.78 is 0. The molecule has 1 aliphatic heterocycles. The second-order valence-electron chi connectivity index (χ2n) is 10.5. The van der Waals surface area contributed by atoms with Crippen LogP contribution in [0.25, 0.3) is 50.3 Å². The van der Waals surface area contributed by atoms with Gasteiger partial charge in [-0.2, -0.15) is 0 Å². The lowest BCUT2D eigenvalue weighted by Crippen LogP contribution is -2.05. The van der Waals surface area contributed by atoms with Crippen LogP contribution >= 0.6 is 0 Å². The van der Waals surface area contributed by atoms with Gasteiger partial charge in [0.25, 0.3) is 0 Å². The van der Waals surface area contributed by atoms with Gasteiger partial charge in [0.2, 0.25) is 5.43 Å². The molecular formula is C32H32N4O5. The lowest BCUT2D eigenvalue weighted by Gasteiger charge is -2.03. The van der Waals surface area contributed by atoms with E-state index < -0.39 is 11.9 Å². The van der Waals surface area contributed by atoms with Crippen LogP contribution in [0.3, 0.4) is 0 Å². The zero-order valence-electron chi connectivity index (χ0n) is 23.5. The number of carboxylic acid groups (broad SMARTS) is 2. The van der Waals surface area contributed by atoms with E-state index in [1.54, 1.807) is 25.1 Å². The second-order valence-corrected chi connectivity index (χ2v) is 10.5. The van der Waals surface area contributed by atoms with Gasteiger partial charge in [-0.15, -0.1) is 0 Å². The quantitative estimate of drug-likeness (QED) is 0.182. The van der Waals surface area contributed by atoms with E-state index in [2.05, 4.69) is 21.5 Å². The highest BCUT2D eigenvalue weighted by Gasteiger charge is 2.21. The van der Waals surface area contributed by atoms with Crippen molar-refractivity contribution in [3.05, 3.63) is 80.3 Å². The summed E-state index contributed by atoms with van der Waals surface area (Å²) in [5.41, 5.74) is 10.5. The van der Waals surface area contributed by atoms with Crippen LogP contribution in [0.1, 0.15) is 65.4 Å². The van der Waals surface area contributed by atoms with Gasteiger partial charge in [-0.25, -0.2) is 4.98 Å². The summed E-state index contributed by atoms with van der Waals surface area (Å²) in [5.74, 6) is -1.86. The van der Waals surface area contributed by atoms with Gasteiger partial charge in [0.15, 0.2) is 0 Å². The summed E-state index contributed by atoms with van der Waals surface area (Å²) in [6.07, 6.45) is 2.06. The summed E-state index contributed by atoms with van der Waals surface area (Å²) in [6, 6.07) is 7.62. The second kappa shape index (κ2) is 10.6. The summed E-state index contributed by atoms with van der Waals surface area (Å²) in [4.78, 5) is 51.7. The summed E-state index contributed by atoms with van der Waals surface area (Å²) in [5, 5.41) is 18.8. The largest absolute Gasteiger partial charge is 0.481 e. The highest BCUT2D eigenvalue weighted by molar-refractivity contribution is 5.94. The molecule has 210 valence electrons. The Balaban J connectivity index is 1.98. The first-order chi connectivity index (χ1) is 19.5. The van der Waals surface area contributed by atoms with Crippen molar-refractivity contribution in [2.24, 2.45) is 0 Å². The number of carbonyl (C=O) groups is 2. The Hall–Kier alpha value is -4.92. The molecule has 0 radical (unpaired) electrons. The minimum absolute atomic E-state index is 0.0559. The Labute approximate surface area is 235 Å². The topological polar surface area (TPSA) is 152 Å². The average Bonchev–Trinajstić information content (AvgIpc) is 3.63. The van der Waals surface area contributed by atoms with E-state index in [9.17, 15) is 24.6 Å². The number of nitrogens with zero attached hydrogens (tertiary/aromatic N) is 1. The van der Waals surface area contributed by atoms with Gasteiger partial charge < -0.3 is 25.2 Å². The number of aromatic amines is 3. The number of hydrogen-bond donors (Lipinski definition) is 5. The standard InChI is InChI=1S/C32H32N4O5/c1-6-19-24-11-15(2)22(33-24)13-23-17(4)20(7-9-28(37)38)25(34-23)14-26-21(8-10-29(39)40)18(5)31(35-26)32(41)27-12-16(3)30(19)36-27/h6,11-14,33-34,36H,1,7-10H2,2-5H3,(H,37,38)(H,39,40). The molecule has 1 aliphatic rings. The van der Waals surface area contributed by atoms with Crippen molar-refractivity contribution < 1.29 is 19.8 Å². The predicted molar refractivity (Wildman–Crippen MR) is 162 cm³/mol. The molecule has 9 nitrogen and oxygen atoms in total. The fourth-order valence-electron chi connectivity index (χ4n) is 5.58. The fraction of sp³-hybridized carbons (Fsp3) is 0.250. The van der Waals surface area contributed by atoms with Gasteiger partial charge in [0.05, 0.1) is 16.7 Å². The number of hydrogen-bond acceptors (Lipinski definition) is 4. The molecule has 0 saturated heterocycles. The Morgan fingerprint density at radius 2 is 1.49 bits per heavy atom. The molecular weight excluding hydrogens is 520 g/mol. The monoisotopic (exact) mass is 552 g/mol. The minimum atomic E-state index is -0.949. The molecule has 4 aromatic rings. The molecule has 4 aromatic heterocycles. The number of H-pyrrole nitrogens is 3. The van der Waals surface area contributed by atoms with Crippen LogP contribution < -0.4 is 5.43 Å². The zero-order chi connectivity index (χ0) is 29.6. The molecule has 0 saturated carbocycles. The zero-order valence-corrected chi connectivity index (χ0v) is 23.5. The molecule has 8 bridgehead atoms. The van der Waals surface area contributed by atoms with Crippen LogP contribution in [0.2, 0.25) is 0 Å². The van der Waals surface area contributed by atoms with Crippen LogP contribution in [0, 0.1) is 20.8 Å². The first-order valence-electron chi connectivity index (χ1n) is 13.4. The van der Waals surface area contributed by atoms with Gasteiger partial charge in [-0.05, 0) is 98.2 Å². The SMILES string of the molecule is C=Cc1c2cc(C)c(cc3[nH]c(cc4nc(c(=O)c5cc(C)c1[nH]5)C(C)=C4CCC(=O)O)c(CCC(=O)O)c3C)[nH]2. The smallest absolute Gasteiger partial charge is 0.303 e. The molecule has 0 amide bonds. The molecule has 41 heavy (non-hydrogen) atoms. The molecule has 0 unspecified atom stereocenters. The first-order valence-corrected chi connectivity index (χ1v) is 13.4. The van der Waals surface area contributed by atoms with Gasteiger partial charge in [0.1, 0.15) is 5.69 Å². The summed E-state index contributed by atoms with van der Waals surface area (Å²) in [6.45, 7) is 11.7. The van der Waals surface area contributed by atoms with Crippen molar-refractivity contribution in [3.8, 4) is 0 Å². The average molecular weight is 553 g/mol. The van der Waals surface area contributed by atoms with Crippen molar-refractivity contribution in [1.29, 1.82) is 0 Å². The van der Waals surface area contributed by atoms with E-state index in [4.69, 9.17) is 4.98 Å². The van der Waals surface area contributed by atoms with E-state index in [-0.39, 0.29) is 30.4 Å². The number of aryl methyl sites for hydroxylation is 4. The van der Waals surface area contributed by atoms with E-state index in [0.717, 1.165) is 49.9 Å². The Morgan fingerprint density at radius 3 is 2.17 bits per heavy atom. The van der Waals surface area contributed by atoms with Crippen LogP contribution in [-0.4, -0.2) is 42.1 Å². The molecule has 0 fully saturated rings. The van der Waals surface area contributed by atoms with E-state index in [1.165, 1.54) is 0 Å². The van der Waals surface area contributed by atoms with Crippen LogP contribution in [0.15, 0.2) is 35.6 Å². The van der Waals surface area contributed by atoms with E-state index in [0.29, 0.717) is 34.3 Å². The lowest BCUT2D eigenvalue weighted by atomic mass is 10.0. The van der Waals surface area contributed by atoms with Crippen LogP contribution in [0.5, 0.6) is 0 Å². The maximum atomic E-state index is 13.8. The Morgan fingerprint density at radius 1 is 0.829 bits per heavy atom. The molecule has 9 heteroatoms. The van der Waals surface area contributed by atoms with Crippen molar-refractivity contribution in [2.45, 2.75) is 53.4 Å². The highest BCUT2D eigenvalue weighted by Crippen LogP contribution is 2.33. The minimum Gasteiger partial charge on any atom is -0.481 e. The Kier molecular flexibility index (Phi) is 7.13. The lowest BCUT2D eigenvalue weighted by molar-refractivity contribution is -0.137. The van der Waals surface area contributed by atoms with Crippen molar-refractivity contribution in [2.75, 3.05) is 0 Å². The maximum Gasteiger partial charge on any atom is 0.303 e. The molecule has 0 aromatic carbocycles. The first kappa shape index (κ1) is 27.6. The molecule has 0 spiro atoms. The molecule has 5 heterocycles. The molecule has 0 atom stereocenters. The number of rotatable bonds is 7. The summed E-state index contributed by atoms with van der Waals surface area (Å²) in [7, 11) is 0. The third-order valence-electron chi connectivity index (χ3n) is 7.84. The number of aliphatic carboxylic acids is 2. The molecule has 0 aliphatic carbocycles. The molecule has 5 N–H and O–H groups in total. The van der Waals surface area contributed by atoms with Crippen molar-refractivity contribution in [3.63, 3.8) is 0 Å². The van der Waals surface area contributed by atoms with Crippen LogP contribution in [-0.2, 0) is 16.0 Å². The van der Waals surface area contributed by atoms with E-state index in [1.807, 2.05) is 32.9 Å². The van der Waals surface area contributed by atoms with Gasteiger partial charge in [-0.3, -0.25) is 14.4 Å². The van der Waals surface area contributed by atoms with Crippen LogP contribution in [0.4, 0.5) is 0 Å². The third-order valence-corrected chi connectivity index (χ3v) is 7.84. The predicted octanol–water partition coefficient (Wildman–Crippen LogP) is 6.27. The highest BCUT2D eigenvalue weighted by atomic mass is 16.4. The third kappa shape index (κ3) is 5.06. The fourth-order valence-corrected chi connectivity index (χ4v) is 5.58. The van der Waals surface area contributed by atoms with E-state index >= 15 is 0 Å². The van der Waals surface area contributed by atoms with Gasteiger partial charge in [-0.1, -0.05) is 12.7 Å². The van der Waals surface area contributed by atoms with Crippen molar-refractivity contribution in [1.82, 2.24) is 19.9 Å². The Bertz CT molecular complexity index is 1990.